The number of hydrogen-bond acceptors (Lipinski definition) is 4. The monoisotopic (exact) mass is 249 g/mol. The van der Waals surface area contributed by atoms with E-state index in [2.05, 4.69) is 46.4 Å². The maximum absolute atomic E-state index is 4.62. The van der Waals surface area contributed by atoms with Gasteiger partial charge in [-0.3, -0.25) is 4.99 Å². The number of rotatable bonds is 3. The average molecular weight is 249 g/mol. The van der Waals surface area contributed by atoms with Crippen LogP contribution in [0.15, 0.2) is 29.3 Å². The van der Waals surface area contributed by atoms with Crippen LogP contribution in [0.1, 0.15) is 13.3 Å². The predicted molar refractivity (Wildman–Crippen MR) is 78.4 cm³/mol. The third-order valence-electron chi connectivity index (χ3n) is 2.82. The van der Waals surface area contributed by atoms with E-state index in [0.29, 0.717) is 6.04 Å². The number of nitrogens with zero attached hydrogens (tertiary/aromatic N) is 2. The molecule has 4 heteroatoms. The van der Waals surface area contributed by atoms with Crippen LogP contribution in [0.2, 0.25) is 0 Å². The highest BCUT2D eigenvalue weighted by Gasteiger charge is 2.16. The molecule has 3 nitrogen and oxygen atoms in total. The first-order valence-corrected chi connectivity index (χ1v) is 6.92. The Hall–Kier alpha value is -1.16. The lowest BCUT2D eigenvalue weighted by molar-refractivity contribution is 0.738. The molecule has 0 saturated carbocycles. The molecule has 0 saturated heterocycles. The van der Waals surface area contributed by atoms with Crippen molar-refractivity contribution in [3.05, 3.63) is 24.3 Å². The SMILES string of the molecule is CCC1CSC(Nc2ccc(N(C)C)cc2)=N1. The number of nitrogens with one attached hydrogen (secondary N) is 1. The van der Waals surface area contributed by atoms with Gasteiger partial charge in [-0.15, -0.1) is 0 Å². The summed E-state index contributed by atoms with van der Waals surface area (Å²) in [5.41, 5.74) is 2.32. The summed E-state index contributed by atoms with van der Waals surface area (Å²) in [7, 11) is 4.09. The lowest BCUT2D eigenvalue weighted by atomic mass is 10.2. The van der Waals surface area contributed by atoms with Gasteiger partial charge in [0.2, 0.25) is 0 Å². The largest absolute Gasteiger partial charge is 0.378 e. The Balaban J connectivity index is 2.00. The number of benzene rings is 1. The second kappa shape index (κ2) is 5.45. The van der Waals surface area contributed by atoms with E-state index in [1.54, 1.807) is 0 Å². The molecule has 0 aromatic heterocycles. The number of aliphatic imine (C=N–C) groups is 1. The molecule has 1 aliphatic heterocycles. The molecule has 1 unspecified atom stereocenters. The lowest BCUT2D eigenvalue weighted by Crippen LogP contribution is -2.09. The molecule has 0 radical (unpaired) electrons. The molecule has 1 aliphatic rings. The summed E-state index contributed by atoms with van der Waals surface area (Å²) in [4.78, 5) is 6.71. The van der Waals surface area contributed by atoms with Gasteiger partial charge in [-0.25, -0.2) is 0 Å². The Morgan fingerprint density at radius 2 is 2.06 bits per heavy atom. The molecular weight excluding hydrogens is 230 g/mol. The molecule has 92 valence electrons. The van der Waals surface area contributed by atoms with Crippen LogP contribution in [-0.2, 0) is 0 Å². The van der Waals surface area contributed by atoms with Crippen LogP contribution in [0.25, 0.3) is 0 Å². The summed E-state index contributed by atoms with van der Waals surface area (Å²) in [6.45, 7) is 2.18. The summed E-state index contributed by atoms with van der Waals surface area (Å²) < 4.78 is 0. The first kappa shape index (κ1) is 12.3. The first-order valence-electron chi connectivity index (χ1n) is 5.94. The summed E-state index contributed by atoms with van der Waals surface area (Å²) >= 11 is 1.81. The van der Waals surface area contributed by atoms with E-state index < -0.39 is 0 Å². The van der Waals surface area contributed by atoms with Crippen molar-refractivity contribution in [2.24, 2.45) is 4.99 Å². The van der Waals surface area contributed by atoms with E-state index in [-0.39, 0.29) is 0 Å². The van der Waals surface area contributed by atoms with Crippen molar-refractivity contribution in [3.63, 3.8) is 0 Å². The van der Waals surface area contributed by atoms with E-state index >= 15 is 0 Å². The summed E-state index contributed by atoms with van der Waals surface area (Å²) in [6.07, 6.45) is 1.12. The van der Waals surface area contributed by atoms with Gasteiger partial charge in [0.1, 0.15) is 0 Å². The van der Waals surface area contributed by atoms with Crippen molar-refractivity contribution >= 4 is 28.3 Å². The van der Waals surface area contributed by atoms with Crippen molar-refractivity contribution in [2.45, 2.75) is 19.4 Å². The van der Waals surface area contributed by atoms with Crippen molar-refractivity contribution in [2.75, 3.05) is 30.1 Å². The highest BCUT2D eigenvalue weighted by Crippen LogP contribution is 2.23. The van der Waals surface area contributed by atoms with E-state index in [4.69, 9.17) is 0 Å². The fraction of sp³-hybridized carbons (Fsp3) is 0.462. The van der Waals surface area contributed by atoms with Crippen molar-refractivity contribution in [3.8, 4) is 0 Å². The molecule has 0 spiro atoms. The first-order chi connectivity index (χ1) is 8.19. The molecule has 0 bridgehead atoms. The average Bonchev–Trinajstić information content (AvgIpc) is 2.77. The third-order valence-corrected chi connectivity index (χ3v) is 3.85. The Bertz CT molecular complexity index is 398. The van der Waals surface area contributed by atoms with Crippen LogP contribution in [0.3, 0.4) is 0 Å². The summed E-state index contributed by atoms with van der Waals surface area (Å²) in [5.74, 6) is 1.11. The minimum atomic E-state index is 0.489. The van der Waals surface area contributed by atoms with Crippen molar-refractivity contribution in [1.82, 2.24) is 0 Å². The number of hydrogen-bond donors (Lipinski definition) is 1. The molecule has 2 rings (SSSR count). The van der Waals surface area contributed by atoms with Gasteiger partial charge in [0.25, 0.3) is 0 Å². The van der Waals surface area contributed by atoms with Gasteiger partial charge in [0, 0.05) is 31.2 Å². The number of thioether (sulfide) groups is 1. The minimum Gasteiger partial charge on any atom is -0.378 e. The quantitative estimate of drug-likeness (QED) is 0.892. The second-order valence-corrected chi connectivity index (χ2v) is 5.38. The highest BCUT2D eigenvalue weighted by molar-refractivity contribution is 8.14. The van der Waals surface area contributed by atoms with Gasteiger partial charge in [-0.2, -0.15) is 0 Å². The third kappa shape index (κ3) is 3.16. The Morgan fingerprint density at radius 1 is 1.35 bits per heavy atom. The Kier molecular flexibility index (Phi) is 3.94. The van der Waals surface area contributed by atoms with E-state index in [1.807, 2.05) is 25.9 Å². The molecule has 1 N–H and O–H groups in total. The van der Waals surface area contributed by atoms with Gasteiger partial charge >= 0.3 is 0 Å². The molecule has 1 atom stereocenters. The number of amidine groups is 1. The molecule has 17 heavy (non-hydrogen) atoms. The normalized spacial score (nSPS) is 19.0. The van der Waals surface area contributed by atoms with E-state index in [0.717, 1.165) is 23.0 Å². The lowest BCUT2D eigenvalue weighted by Gasteiger charge is -2.13. The molecule has 1 aromatic carbocycles. The van der Waals surface area contributed by atoms with Crippen molar-refractivity contribution in [1.29, 1.82) is 0 Å². The summed E-state index contributed by atoms with van der Waals surface area (Å²) in [5, 5.41) is 4.42. The molecule has 0 fully saturated rings. The maximum Gasteiger partial charge on any atom is 0.161 e. The van der Waals surface area contributed by atoms with Crippen LogP contribution in [0.4, 0.5) is 11.4 Å². The van der Waals surface area contributed by atoms with Crippen LogP contribution < -0.4 is 10.2 Å². The number of anilines is 2. The molecule has 1 aromatic rings. The fourth-order valence-corrected chi connectivity index (χ4v) is 2.73. The van der Waals surface area contributed by atoms with Gasteiger partial charge in [-0.1, -0.05) is 18.7 Å². The smallest absolute Gasteiger partial charge is 0.161 e. The Labute approximate surface area is 107 Å². The van der Waals surface area contributed by atoms with E-state index in [9.17, 15) is 0 Å². The minimum absolute atomic E-state index is 0.489. The fourth-order valence-electron chi connectivity index (χ4n) is 1.66. The predicted octanol–water partition coefficient (Wildman–Crippen LogP) is 3.05. The molecule has 1 heterocycles. The van der Waals surface area contributed by atoms with Crippen molar-refractivity contribution < 1.29 is 0 Å². The zero-order valence-electron chi connectivity index (χ0n) is 10.6. The molecular formula is C13H19N3S. The van der Waals surface area contributed by atoms with Crippen LogP contribution in [-0.4, -0.2) is 31.1 Å². The van der Waals surface area contributed by atoms with Gasteiger partial charge in [-0.05, 0) is 30.7 Å². The van der Waals surface area contributed by atoms with Gasteiger partial charge in [0.05, 0.1) is 6.04 Å². The van der Waals surface area contributed by atoms with Crippen LogP contribution >= 0.6 is 11.8 Å². The Morgan fingerprint density at radius 3 is 2.59 bits per heavy atom. The maximum atomic E-state index is 4.62. The van der Waals surface area contributed by atoms with Gasteiger partial charge < -0.3 is 10.2 Å². The van der Waals surface area contributed by atoms with E-state index in [1.165, 1.54) is 5.69 Å². The van der Waals surface area contributed by atoms with Gasteiger partial charge in [0.15, 0.2) is 5.17 Å². The second-order valence-electron chi connectivity index (χ2n) is 4.37. The van der Waals surface area contributed by atoms with Crippen LogP contribution in [0, 0.1) is 0 Å². The molecule has 0 amide bonds. The standard InChI is InChI=1S/C13H19N3S/c1-4-10-9-17-13(14-10)15-11-5-7-12(8-6-11)16(2)3/h5-8,10H,4,9H2,1-3H3,(H,14,15). The zero-order chi connectivity index (χ0) is 12.3. The topological polar surface area (TPSA) is 27.6 Å². The highest BCUT2D eigenvalue weighted by atomic mass is 32.2. The zero-order valence-corrected chi connectivity index (χ0v) is 11.4. The summed E-state index contributed by atoms with van der Waals surface area (Å²) in [6, 6.07) is 8.90. The molecule has 0 aliphatic carbocycles. The van der Waals surface area contributed by atoms with Crippen LogP contribution in [0.5, 0.6) is 0 Å².